The van der Waals surface area contributed by atoms with E-state index >= 15 is 0 Å². The first-order valence-electron chi connectivity index (χ1n) is 10.0. The van der Waals surface area contributed by atoms with Crippen LogP contribution in [-0.4, -0.2) is 44.2 Å². The predicted octanol–water partition coefficient (Wildman–Crippen LogP) is 2.71. The molecule has 0 aliphatic heterocycles. The predicted molar refractivity (Wildman–Crippen MR) is 118 cm³/mol. The Morgan fingerprint density at radius 3 is 2.47 bits per heavy atom. The first-order valence-corrected chi connectivity index (χ1v) is 10.0. The lowest BCUT2D eigenvalue weighted by atomic mass is 10.1. The van der Waals surface area contributed by atoms with Crippen molar-refractivity contribution in [2.75, 3.05) is 25.6 Å². The third kappa shape index (κ3) is 7.80. The summed E-state index contributed by atoms with van der Waals surface area (Å²) in [5.74, 6) is -2.17. The lowest BCUT2D eigenvalue weighted by Crippen LogP contribution is -2.38. The van der Waals surface area contributed by atoms with Gasteiger partial charge in [-0.2, -0.15) is 18.3 Å². The molecule has 0 atom stereocenters. The second kappa shape index (κ2) is 12.2. The Morgan fingerprint density at radius 1 is 1.06 bits per heavy atom. The fourth-order valence-corrected chi connectivity index (χ4v) is 2.59. The van der Waals surface area contributed by atoms with Crippen LogP contribution in [0.2, 0.25) is 0 Å². The Morgan fingerprint density at radius 2 is 1.79 bits per heavy atom. The molecule has 3 N–H and O–H groups in total. The van der Waals surface area contributed by atoms with Crippen molar-refractivity contribution in [3.8, 4) is 11.5 Å². The van der Waals surface area contributed by atoms with E-state index < -0.39 is 36.1 Å². The van der Waals surface area contributed by atoms with Crippen LogP contribution in [0, 0.1) is 0 Å². The fraction of sp³-hybridized carbons (Fsp3) is 0.273. The van der Waals surface area contributed by atoms with Crippen LogP contribution in [0.4, 0.5) is 18.9 Å². The van der Waals surface area contributed by atoms with E-state index in [1.54, 1.807) is 0 Å². The first-order chi connectivity index (χ1) is 16.2. The largest absolute Gasteiger partial charge is 0.493 e. The zero-order chi connectivity index (χ0) is 25.1. The average Bonchev–Trinajstić information content (AvgIpc) is 2.81. The molecule has 12 heteroatoms. The minimum atomic E-state index is -4.62. The average molecular weight is 480 g/mol. The molecule has 0 fully saturated rings. The van der Waals surface area contributed by atoms with Gasteiger partial charge in [0.05, 0.1) is 24.6 Å². The molecule has 0 aliphatic carbocycles. The van der Waals surface area contributed by atoms with Crippen molar-refractivity contribution in [2.45, 2.75) is 19.5 Å². The molecule has 2 aromatic rings. The van der Waals surface area contributed by atoms with Gasteiger partial charge in [0, 0.05) is 6.54 Å². The van der Waals surface area contributed by atoms with Crippen LogP contribution in [-0.2, 0) is 20.6 Å². The van der Waals surface area contributed by atoms with Crippen molar-refractivity contribution >= 4 is 29.6 Å². The van der Waals surface area contributed by atoms with Crippen LogP contribution in [0.15, 0.2) is 47.6 Å². The van der Waals surface area contributed by atoms with Crippen molar-refractivity contribution in [2.24, 2.45) is 5.10 Å². The summed E-state index contributed by atoms with van der Waals surface area (Å²) in [6, 6.07) is 9.06. The van der Waals surface area contributed by atoms with Crippen molar-refractivity contribution in [1.29, 1.82) is 0 Å². The van der Waals surface area contributed by atoms with Crippen molar-refractivity contribution < 1.29 is 37.0 Å². The van der Waals surface area contributed by atoms with Gasteiger partial charge in [-0.1, -0.05) is 19.1 Å². The van der Waals surface area contributed by atoms with E-state index in [1.165, 1.54) is 43.7 Å². The third-order valence-electron chi connectivity index (χ3n) is 4.17. The number of rotatable bonds is 9. The number of nitrogens with zero attached hydrogens (tertiary/aromatic N) is 1. The molecule has 0 saturated carbocycles. The number of ether oxygens (including phenoxy) is 2. The lowest BCUT2D eigenvalue weighted by molar-refractivity contribution is -0.139. The van der Waals surface area contributed by atoms with Gasteiger partial charge in [-0.25, -0.2) is 5.43 Å². The fourth-order valence-electron chi connectivity index (χ4n) is 2.59. The second-order valence-electron chi connectivity index (χ2n) is 6.75. The molecule has 0 unspecified atom stereocenters. The number of alkyl halides is 3. The summed E-state index contributed by atoms with van der Waals surface area (Å²) in [5.41, 5.74) is 1.20. The van der Waals surface area contributed by atoms with E-state index in [0.29, 0.717) is 18.5 Å². The first kappa shape index (κ1) is 26.2. The number of hydrazone groups is 1. The molecule has 0 aliphatic rings. The molecular formula is C22H23F3N4O5. The quantitative estimate of drug-likeness (QED) is 0.290. The highest BCUT2D eigenvalue weighted by Crippen LogP contribution is 2.34. The molecule has 0 aromatic heterocycles. The monoisotopic (exact) mass is 480 g/mol. The van der Waals surface area contributed by atoms with Crippen molar-refractivity contribution in [1.82, 2.24) is 10.7 Å². The van der Waals surface area contributed by atoms with E-state index in [9.17, 15) is 27.6 Å². The van der Waals surface area contributed by atoms with Gasteiger partial charge < -0.3 is 20.1 Å². The van der Waals surface area contributed by atoms with Crippen LogP contribution < -0.4 is 25.5 Å². The number of para-hydroxylation sites is 1. The van der Waals surface area contributed by atoms with Gasteiger partial charge in [0.1, 0.15) is 0 Å². The lowest BCUT2D eigenvalue weighted by Gasteiger charge is -2.14. The summed E-state index contributed by atoms with van der Waals surface area (Å²) in [4.78, 5) is 35.2. The highest BCUT2D eigenvalue weighted by Gasteiger charge is 2.33. The number of amides is 3. The molecular weight excluding hydrogens is 457 g/mol. The number of benzene rings is 2. The second-order valence-corrected chi connectivity index (χ2v) is 6.75. The maximum Gasteiger partial charge on any atom is 0.418 e. The summed E-state index contributed by atoms with van der Waals surface area (Å²) in [6.07, 6.45) is -2.68. The Labute approximate surface area is 193 Å². The number of methoxy groups -OCH3 is 1. The van der Waals surface area contributed by atoms with E-state index in [4.69, 9.17) is 9.47 Å². The summed E-state index contributed by atoms with van der Waals surface area (Å²) in [5, 5.41) is 8.27. The maximum atomic E-state index is 13.1. The molecule has 0 spiro atoms. The smallest absolute Gasteiger partial charge is 0.418 e. The molecule has 0 bridgehead atoms. The van der Waals surface area contributed by atoms with Gasteiger partial charge >= 0.3 is 18.0 Å². The molecule has 2 rings (SSSR count). The normalized spacial score (nSPS) is 11.1. The van der Waals surface area contributed by atoms with Crippen LogP contribution in [0.25, 0.3) is 0 Å². The number of hydrogen-bond acceptors (Lipinski definition) is 6. The number of halogens is 3. The van der Waals surface area contributed by atoms with Gasteiger partial charge in [0.2, 0.25) is 0 Å². The minimum absolute atomic E-state index is 0.155. The minimum Gasteiger partial charge on any atom is -0.493 e. The molecule has 0 radical (unpaired) electrons. The molecule has 3 amide bonds. The Hall–Kier alpha value is -4.09. The SMILES string of the molecule is CCCNC(=O)C(=O)N/N=C\c1ccc(OCC(=O)Nc2ccccc2C(F)(F)F)c(OC)c1. The Bertz CT molecular complexity index is 1060. The van der Waals surface area contributed by atoms with Crippen LogP contribution in [0.3, 0.4) is 0 Å². The van der Waals surface area contributed by atoms with Crippen LogP contribution in [0.5, 0.6) is 11.5 Å². The van der Waals surface area contributed by atoms with E-state index in [-0.39, 0.29) is 17.2 Å². The summed E-state index contributed by atoms with van der Waals surface area (Å²) in [6.45, 7) is 1.64. The highest BCUT2D eigenvalue weighted by molar-refractivity contribution is 6.35. The van der Waals surface area contributed by atoms with Gasteiger partial charge in [-0.3, -0.25) is 14.4 Å². The maximum absolute atomic E-state index is 13.1. The molecule has 9 nitrogen and oxygen atoms in total. The molecule has 0 saturated heterocycles. The van der Waals surface area contributed by atoms with E-state index in [1.807, 2.05) is 6.92 Å². The topological polar surface area (TPSA) is 118 Å². The summed E-state index contributed by atoms with van der Waals surface area (Å²) >= 11 is 0. The number of carbonyl (C=O) groups is 3. The molecule has 182 valence electrons. The van der Waals surface area contributed by atoms with Gasteiger partial charge in [-0.15, -0.1) is 0 Å². The number of carbonyl (C=O) groups excluding carboxylic acids is 3. The zero-order valence-electron chi connectivity index (χ0n) is 18.4. The highest BCUT2D eigenvalue weighted by atomic mass is 19.4. The van der Waals surface area contributed by atoms with Gasteiger partial charge in [0.25, 0.3) is 5.91 Å². The zero-order valence-corrected chi connectivity index (χ0v) is 18.4. The summed E-state index contributed by atoms with van der Waals surface area (Å²) < 4.78 is 49.7. The Kier molecular flexibility index (Phi) is 9.41. The van der Waals surface area contributed by atoms with Crippen LogP contribution in [0.1, 0.15) is 24.5 Å². The standard InChI is InChI=1S/C22H23F3N4O5/c1-3-10-26-20(31)21(32)29-27-12-14-8-9-17(18(11-14)33-2)34-13-19(30)28-16-7-5-4-6-15(16)22(23,24)25/h4-9,11-12H,3,10,13H2,1-2H3,(H,26,31)(H,28,30)(H,29,32)/b27-12-. The third-order valence-corrected chi connectivity index (χ3v) is 4.17. The Balaban J connectivity index is 1.97. The van der Waals surface area contributed by atoms with E-state index in [0.717, 1.165) is 12.1 Å². The molecule has 2 aromatic carbocycles. The van der Waals surface area contributed by atoms with Gasteiger partial charge in [0.15, 0.2) is 18.1 Å². The van der Waals surface area contributed by atoms with Crippen molar-refractivity contribution in [3.63, 3.8) is 0 Å². The summed E-state index contributed by atoms with van der Waals surface area (Å²) in [7, 11) is 1.35. The van der Waals surface area contributed by atoms with Crippen LogP contribution >= 0.6 is 0 Å². The van der Waals surface area contributed by atoms with Crippen molar-refractivity contribution in [3.05, 3.63) is 53.6 Å². The number of anilines is 1. The van der Waals surface area contributed by atoms with E-state index in [2.05, 4.69) is 21.2 Å². The molecule has 34 heavy (non-hydrogen) atoms. The number of nitrogens with one attached hydrogen (secondary N) is 3. The van der Waals surface area contributed by atoms with Gasteiger partial charge in [-0.05, 0) is 42.3 Å². The molecule has 0 heterocycles. The number of hydrogen-bond donors (Lipinski definition) is 3.